The molecule has 0 saturated carbocycles. The second kappa shape index (κ2) is 4.14. The average molecular weight is 204 g/mol. The Balaban J connectivity index is 2.34. The summed E-state index contributed by atoms with van der Waals surface area (Å²) in [4.78, 5) is 4.26. The minimum absolute atomic E-state index is 0.0124. The topological polar surface area (TPSA) is 68.4 Å². The number of pyridine rings is 1. The highest BCUT2D eigenvalue weighted by Gasteiger charge is 1.99. The Morgan fingerprint density at radius 3 is 2.93 bits per heavy atom. The monoisotopic (exact) mass is 204 g/mol. The molecule has 15 heavy (non-hydrogen) atoms. The minimum atomic E-state index is -0.0124. The molecule has 0 aliphatic heterocycles. The zero-order chi connectivity index (χ0) is 10.7. The molecular weight excluding hydrogens is 192 g/mol. The number of nitrogens with zero attached hydrogens (tertiary/aromatic N) is 1. The maximum Gasteiger partial charge on any atom is 0.213 e. The van der Waals surface area contributed by atoms with Crippen LogP contribution in [0.3, 0.4) is 0 Å². The number of hydrogen-bond donors (Lipinski definition) is 2. The number of benzene rings is 1. The van der Waals surface area contributed by atoms with Crippen molar-refractivity contribution in [3.63, 3.8) is 0 Å². The van der Waals surface area contributed by atoms with Crippen LogP contribution >= 0.6 is 0 Å². The lowest BCUT2D eigenvalue weighted by Gasteiger charge is -2.04. The number of aliphatic hydroxyl groups is 1. The fourth-order valence-electron chi connectivity index (χ4n) is 1.36. The van der Waals surface area contributed by atoms with Crippen molar-refractivity contribution in [2.45, 2.75) is 0 Å². The first-order valence-corrected chi connectivity index (χ1v) is 4.69. The van der Waals surface area contributed by atoms with Crippen molar-refractivity contribution in [1.29, 1.82) is 0 Å². The Hall–Kier alpha value is -1.81. The third kappa shape index (κ3) is 2.16. The number of fused-ring (bicyclic) bond motifs is 1. The van der Waals surface area contributed by atoms with Gasteiger partial charge < -0.3 is 15.6 Å². The Kier molecular flexibility index (Phi) is 2.69. The molecule has 2 rings (SSSR count). The van der Waals surface area contributed by atoms with Gasteiger partial charge in [0.05, 0.1) is 12.1 Å². The molecule has 1 aromatic carbocycles. The molecule has 4 heteroatoms. The van der Waals surface area contributed by atoms with E-state index in [0.717, 1.165) is 10.9 Å². The first-order chi connectivity index (χ1) is 7.29. The van der Waals surface area contributed by atoms with E-state index in [1.807, 2.05) is 18.2 Å². The maximum absolute atomic E-state index is 8.61. The molecule has 1 heterocycles. The van der Waals surface area contributed by atoms with Crippen LogP contribution in [0.1, 0.15) is 0 Å². The lowest BCUT2D eigenvalue weighted by molar-refractivity contribution is 0.197. The van der Waals surface area contributed by atoms with Crippen LogP contribution in [-0.4, -0.2) is 23.3 Å². The third-order valence-electron chi connectivity index (χ3n) is 2.03. The molecule has 0 amide bonds. The predicted octanol–water partition coefficient (Wildman–Crippen LogP) is 1.19. The lowest BCUT2D eigenvalue weighted by Crippen LogP contribution is -2.02. The van der Waals surface area contributed by atoms with Crippen LogP contribution in [-0.2, 0) is 0 Å². The standard InChI is InChI=1S/C11H12N2O2/c12-9-2-3-10-8(7-9)1-4-11(13-10)15-6-5-14/h1-4,7,14H,5-6,12H2. The summed E-state index contributed by atoms with van der Waals surface area (Å²) in [7, 11) is 0. The number of ether oxygens (including phenoxy) is 1. The van der Waals surface area contributed by atoms with Crippen molar-refractivity contribution >= 4 is 16.6 Å². The second-order valence-electron chi connectivity index (χ2n) is 3.17. The van der Waals surface area contributed by atoms with E-state index in [-0.39, 0.29) is 13.2 Å². The number of aromatic nitrogens is 1. The molecule has 78 valence electrons. The van der Waals surface area contributed by atoms with Crippen molar-refractivity contribution in [1.82, 2.24) is 4.98 Å². The smallest absolute Gasteiger partial charge is 0.213 e. The molecule has 0 saturated heterocycles. The van der Waals surface area contributed by atoms with E-state index < -0.39 is 0 Å². The van der Waals surface area contributed by atoms with Gasteiger partial charge in [0, 0.05) is 17.1 Å². The van der Waals surface area contributed by atoms with Gasteiger partial charge in [0.1, 0.15) is 6.61 Å². The largest absolute Gasteiger partial charge is 0.475 e. The molecule has 2 aromatic rings. The molecule has 4 nitrogen and oxygen atoms in total. The molecule has 0 aliphatic rings. The first-order valence-electron chi connectivity index (χ1n) is 4.69. The number of anilines is 1. The number of nitrogens with two attached hydrogens (primary N) is 1. The summed E-state index contributed by atoms with van der Waals surface area (Å²) in [6.45, 7) is 0.245. The van der Waals surface area contributed by atoms with Gasteiger partial charge in [-0.2, -0.15) is 0 Å². The summed E-state index contributed by atoms with van der Waals surface area (Å²) in [6.07, 6.45) is 0. The van der Waals surface area contributed by atoms with Crippen LogP contribution in [0.2, 0.25) is 0 Å². The van der Waals surface area contributed by atoms with Gasteiger partial charge in [-0.05, 0) is 24.3 Å². The van der Waals surface area contributed by atoms with E-state index in [9.17, 15) is 0 Å². The molecule has 0 atom stereocenters. The second-order valence-corrected chi connectivity index (χ2v) is 3.17. The highest BCUT2D eigenvalue weighted by molar-refractivity contribution is 5.82. The van der Waals surface area contributed by atoms with Gasteiger partial charge in [0.15, 0.2) is 0 Å². The molecule has 0 unspecified atom stereocenters. The van der Waals surface area contributed by atoms with Crippen LogP contribution in [0.25, 0.3) is 10.9 Å². The molecule has 0 radical (unpaired) electrons. The van der Waals surface area contributed by atoms with Crippen molar-refractivity contribution in [3.8, 4) is 5.88 Å². The Bertz CT molecular complexity index is 471. The van der Waals surface area contributed by atoms with E-state index >= 15 is 0 Å². The van der Waals surface area contributed by atoms with Crippen molar-refractivity contribution < 1.29 is 9.84 Å². The molecule has 0 spiro atoms. The van der Waals surface area contributed by atoms with Gasteiger partial charge in [0.2, 0.25) is 5.88 Å². The Morgan fingerprint density at radius 2 is 2.13 bits per heavy atom. The summed E-state index contributed by atoms with van der Waals surface area (Å²) in [5, 5.41) is 9.59. The third-order valence-corrected chi connectivity index (χ3v) is 2.03. The summed E-state index contributed by atoms with van der Waals surface area (Å²) in [5.41, 5.74) is 7.20. The molecule has 0 aliphatic carbocycles. The molecule has 0 bridgehead atoms. The van der Waals surface area contributed by atoms with E-state index in [1.165, 1.54) is 0 Å². The van der Waals surface area contributed by atoms with Gasteiger partial charge in [-0.15, -0.1) is 0 Å². The van der Waals surface area contributed by atoms with Crippen LogP contribution in [0.4, 0.5) is 5.69 Å². The quantitative estimate of drug-likeness (QED) is 0.737. The Morgan fingerprint density at radius 1 is 1.27 bits per heavy atom. The van der Waals surface area contributed by atoms with Crippen molar-refractivity contribution in [2.75, 3.05) is 18.9 Å². The highest BCUT2D eigenvalue weighted by atomic mass is 16.5. The van der Waals surface area contributed by atoms with Crippen LogP contribution in [0.15, 0.2) is 30.3 Å². The zero-order valence-corrected chi connectivity index (χ0v) is 8.18. The van der Waals surface area contributed by atoms with E-state index in [0.29, 0.717) is 11.6 Å². The molecule has 3 N–H and O–H groups in total. The summed E-state index contributed by atoms with van der Waals surface area (Å²) in [5.74, 6) is 0.515. The van der Waals surface area contributed by atoms with E-state index in [1.54, 1.807) is 12.1 Å². The van der Waals surface area contributed by atoms with Crippen LogP contribution in [0.5, 0.6) is 5.88 Å². The van der Waals surface area contributed by atoms with E-state index in [4.69, 9.17) is 15.6 Å². The summed E-state index contributed by atoms with van der Waals surface area (Å²) in [6, 6.07) is 9.16. The lowest BCUT2D eigenvalue weighted by atomic mass is 10.2. The number of nitrogen functional groups attached to an aromatic ring is 1. The number of rotatable bonds is 3. The summed E-state index contributed by atoms with van der Waals surface area (Å²) < 4.78 is 5.20. The van der Waals surface area contributed by atoms with Gasteiger partial charge in [0.25, 0.3) is 0 Å². The number of aliphatic hydroxyl groups excluding tert-OH is 1. The normalized spacial score (nSPS) is 10.5. The van der Waals surface area contributed by atoms with Gasteiger partial charge >= 0.3 is 0 Å². The molecular formula is C11H12N2O2. The van der Waals surface area contributed by atoms with Crippen molar-refractivity contribution in [3.05, 3.63) is 30.3 Å². The zero-order valence-electron chi connectivity index (χ0n) is 8.18. The SMILES string of the molecule is Nc1ccc2nc(OCCO)ccc2c1. The summed E-state index contributed by atoms with van der Waals surface area (Å²) >= 11 is 0. The van der Waals surface area contributed by atoms with Crippen LogP contribution < -0.4 is 10.5 Å². The van der Waals surface area contributed by atoms with Gasteiger partial charge in [-0.25, -0.2) is 4.98 Å². The van der Waals surface area contributed by atoms with E-state index in [2.05, 4.69) is 4.98 Å². The van der Waals surface area contributed by atoms with Crippen LogP contribution in [0, 0.1) is 0 Å². The highest BCUT2D eigenvalue weighted by Crippen LogP contribution is 2.18. The Labute approximate surface area is 87.3 Å². The predicted molar refractivity (Wildman–Crippen MR) is 58.7 cm³/mol. The molecule has 0 fully saturated rings. The van der Waals surface area contributed by atoms with Crippen molar-refractivity contribution in [2.24, 2.45) is 0 Å². The minimum Gasteiger partial charge on any atom is -0.475 e. The maximum atomic E-state index is 8.61. The fraction of sp³-hybridized carbons (Fsp3) is 0.182. The number of hydrogen-bond acceptors (Lipinski definition) is 4. The van der Waals surface area contributed by atoms with Gasteiger partial charge in [-0.1, -0.05) is 0 Å². The van der Waals surface area contributed by atoms with Gasteiger partial charge in [-0.3, -0.25) is 0 Å². The fourth-order valence-corrected chi connectivity index (χ4v) is 1.36. The average Bonchev–Trinajstić information content (AvgIpc) is 2.26. The first kappa shape index (κ1) is 9.73. The molecule has 1 aromatic heterocycles.